The largest absolute Gasteiger partial charge is 0.396 e. The van der Waals surface area contributed by atoms with Gasteiger partial charge >= 0.3 is 0 Å². The fourth-order valence-corrected chi connectivity index (χ4v) is 3.02. The molecule has 3 nitrogen and oxygen atoms in total. The molecule has 3 N–H and O–H groups in total. The first-order valence-electron chi connectivity index (χ1n) is 6.60. The number of nitrogen functional groups attached to an aromatic ring is 1. The highest BCUT2D eigenvalue weighted by molar-refractivity contribution is 9.10. The van der Waals surface area contributed by atoms with Gasteiger partial charge in [-0.15, -0.1) is 0 Å². The van der Waals surface area contributed by atoms with Crippen LogP contribution in [0.25, 0.3) is 0 Å². The van der Waals surface area contributed by atoms with Crippen LogP contribution >= 0.6 is 15.9 Å². The van der Waals surface area contributed by atoms with Crippen LogP contribution in [-0.2, 0) is 0 Å². The van der Waals surface area contributed by atoms with Crippen LogP contribution in [0.1, 0.15) is 42.5 Å². The van der Waals surface area contributed by atoms with Crippen molar-refractivity contribution in [3.63, 3.8) is 0 Å². The lowest BCUT2D eigenvalue weighted by molar-refractivity contribution is 0.0950. The number of benzene rings is 1. The lowest BCUT2D eigenvalue weighted by Crippen LogP contribution is -2.26. The van der Waals surface area contributed by atoms with Gasteiger partial charge in [-0.1, -0.05) is 25.7 Å². The highest BCUT2D eigenvalue weighted by atomic mass is 79.9. The first kappa shape index (κ1) is 14.3. The van der Waals surface area contributed by atoms with Crippen molar-refractivity contribution in [3.8, 4) is 0 Å². The minimum Gasteiger partial charge on any atom is -0.396 e. The molecular formula is C14H18BrFN2O. The lowest BCUT2D eigenvalue weighted by Gasteiger charge is -2.11. The molecule has 0 aliphatic heterocycles. The van der Waals surface area contributed by atoms with E-state index < -0.39 is 5.82 Å². The number of halogens is 2. The lowest BCUT2D eigenvalue weighted by atomic mass is 10.0. The zero-order chi connectivity index (χ0) is 13.8. The summed E-state index contributed by atoms with van der Waals surface area (Å²) < 4.78 is 13.6. The van der Waals surface area contributed by atoms with Gasteiger partial charge in [0.2, 0.25) is 0 Å². The summed E-state index contributed by atoms with van der Waals surface area (Å²) in [5, 5.41) is 2.87. The zero-order valence-electron chi connectivity index (χ0n) is 10.7. The number of hydrogen-bond donors (Lipinski definition) is 2. The molecule has 0 radical (unpaired) electrons. The Morgan fingerprint density at radius 2 is 2.11 bits per heavy atom. The molecule has 1 saturated carbocycles. The predicted octanol–water partition coefficient (Wildman–Crippen LogP) is 3.48. The Hall–Kier alpha value is -1.10. The highest BCUT2D eigenvalue weighted by Crippen LogP contribution is 2.27. The second-order valence-electron chi connectivity index (χ2n) is 5.05. The van der Waals surface area contributed by atoms with E-state index in [-0.39, 0.29) is 11.6 Å². The first-order chi connectivity index (χ1) is 9.08. The Balaban J connectivity index is 1.90. The van der Waals surface area contributed by atoms with Crippen molar-refractivity contribution in [2.24, 2.45) is 5.92 Å². The maximum Gasteiger partial charge on any atom is 0.252 e. The third-order valence-electron chi connectivity index (χ3n) is 3.64. The van der Waals surface area contributed by atoms with Gasteiger partial charge < -0.3 is 11.1 Å². The van der Waals surface area contributed by atoms with E-state index >= 15 is 0 Å². The molecule has 0 bridgehead atoms. The second kappa shape index (κ2) is 6.37. The van der Waals surface area contributed by atoms with Gasteiger partial charge in [-0.2, -0.15) is 0 Å². The van der Waals surface area contributed by atoms with Crippen molar-refractivity contribution in [1.29, 1.82) is 0 Å². The molecule has 0 heterocycles. The monoisotopic (exact) mass is 328 g/mol. The summed E-state index contributed by atoms with van der Waals surface area (Å²) >= 11 is 3.18. The molecule has 1 aliphatic carbocycles. The van der Waals surface area contributed by atoms with E-state index in [2.05, 4.69) is 21.2 Å². The maximum absolute atomic E-state index is 13.2. The fourth-order valence-electron chi connectivity index (χ4n) is 2.52. The molecule has 0 saturated heterocycles. The second-order valence-corrected chi connectivity index (χ2v) is 5.90. The SMILES string of the molecule is Nc1cc(C(=O)NCCC2CCCC2)c(Br)cc1F. The smallest absolute Gasteiger partial charge is 0.252 e. The van der Waals surface area contributed by atoms with E-state index in [1.54, 1.807) is 0 Å². The Morgan fingerprint density at radius 1 is 1.42 bits per heavy atom. The standard InChI is InChI=1S/C14H18BrFN2O/c15-11-8-12(16)13(17)7-10(11)14(19)18-6-5-9-3-1-2-4-9/h7-9H,1-6,17H2,(H,18,19). The van der Waals surface area contributed by atoms with Gasteiger partial charge in [0.25, 0.3) is 5.91 Å². The molecule has 1 aromatic carbocycles. The molecule has 0 spiro atoms. The normalized spacial score (nSPS) is 15.7. The van der Waals surface area contributed by atoms with Crippen molar-refractivity contribution in [3.05, 3.63) is 28.0 Å². The molecular weight excluding hydrogens is 311 g/mol. The van der Waals surface area contributed by atoms with E-state index in [9.17, 15) is 9.18 Å². The van der Waals surface area contributed by atoms with Crippen LogP contribution in [-0.4, -0.2) is 12.5 Å². The van der Waals surface area contributed by atoms with E-state index in [0.717, 1.165) is 12.3 Å². The number of amides is 1. The van der Waals surface area contributed by atoms with Crippen LogP contribution in [0.2, 0.25) is 0 Å². The minimum atomic E-state index is -0.519. The van der Waals surface area contributed by atoms with Crippen molar-refractivity contribution in [1.82, 2.24) is 5.32 Å². The predicted molar refractivity (Wildman–Crippen MR) is 77.4 cm³/mol. The Labute approximate surface area is 120 Å². The molecule has 104 valence electrons. The van der Waals surface area contributed by atoms with E-state index in [1.807, 2.05) is 0 Å². The molecule has 1 fully saturated rings. The van der Waals surface area contributed by atoms with Crippen LogP contribution in [0, 0.1) is 11.7 Å². The van der Waals surface area contributed by atoms with Crippen LogP contribution in [0.5, 0.6) is 0 Å². The van der Waals surface area contributed by atoms with Gasteiger partial charge in [-0.05, 0) is 40.4 Å². The maximum atomic E-state index is 13.2. The minimum absolute atomic E-state index is 0.0101. The number of nitrogens with one attached hydrogen (secondary N) is 1. The van der Waals surface area contributed by atoms with Gasteiger partial charge in [-0.3, -0.25) is 4.79 Å². The summed E-state index contributed by atoms with van der Waals surface area (Å²) in [6.45, 7) is 0.660. The Bertz CT molecular complexity index is 473. The van der Waals surface area contributed by atoms with Crippen LogP contribution in [0.3, 0.4) is 0 Å². The first-order valence-corrected chi connectivity index (χ1v) is 7.40. The molecule has 1 aliphatic rings. The summed E-state index contributed by atoms with van der Waals surface area (Å²) in [6.07, 6.45) is 6.16. The molecule has 5 heteroatoms. The molecule has 0 unspecified atom stereocenters. The van der Waals surface area contributed by atoms with Crippen molar-refractivity contribution in [2.45, 2.75) is 32.1 Å². The third-order valence-corrected chi connectivity index (χ3v) is 4.30. The number of rotatable bonds is 4. The topological polar surface area (TPSA) is 55.1 Å². The van der Waals surface area contributed by atoms with E-state index in [1.165, 1.54) is 37.8 Å². The fraction of sp³-hybridized carbons (Fsp3) is 0.500. The number of carbonyl (C=O) groups is 1. The summed E-state index contributed by atoms with van der Waals surface area (Å²) in [5.41, 5.74) is 5.85. The molecule has 2 rings (SSSR count). The van der Waals surface area contributed by atoms with Crippen LogP contribution in [0.15, 0.2) is 16.6 Å². The Kier molecular flexibility index (Phi) is 4.80. The highest BCUT2D eigenvalue weighted by Gasteiger charge is 2.16. The van der Waals surface area contributed by atoms with Gasteiger partial charge in [0.1, 0.15) is 5.82 Å². The number of carbonyl (C=O) groups excluding carboxylic acids is 1. The summed E-state index contributed by atoms with van der Waals surface area (Å²) in [7, 11) is 0. The summed E-state index contributed by atoms with van der Waals surface area (Å²) in [5.74, 6) is 0.00739. The van der Waals surface area contributed by atoms with Crippen LogP contribution in [0.4, 0.5) is 10.1 Å². The molecule has 1 aromatic rings. The van der Waals surface area contributed by atoms with Gasteiger partial charge in [0, 0.05) is 11.0 Å². The average Bonchev–Trinajstić information content (AvgIpc) is 2.86. The van der Waals surface area contributed by atoms with E-state index in [0.29, 0.717) is 16.6 Å². The molecule has 0 atom stereocenters. The van der Waals surface area contributed by atoms with Crippen molar-refractivity contribution < 1.29 is 9.18 Å². The Morgan fingerprint density at radius 3 is 2.79 bits per heavy atom. The third kappa shape index (κ3) is 3.69. The molecule has 0 aromatic heterocycles. The quantitative estimate of drug-likeness (QED) is 0.831. The van der Waals surface area contributed by atoms with Gasteiger partial charge in [0.05, 0.1) is 11.3 Å². The van der Waals surface area contributed by atoms with E-state index in [4.69, 9.17) is 5.73 Å². The number of hydrogen-bond acceptors (Lipinski definition) is 2. The van der Waals surface area contributed by atoms with Crippen molar-refractivity contribution in [2.75, 3.05) is 12.3 Å². The number of anilines is 1. The van der Waals surface area contributed by atoms with Crippen molar-refractivity contribution >= 4 is 27.5 Å². The van der Waals surface area contributed by atoms with Gasteiger partial charge in [-0.25, -0.2) is 4.39 Å². The molecule has 19 heavy (non-hydrogen) atoms. The average molecular weight is 329 g/mol. The van der Waals surface area contributed by atoms with Gasteiger partial charge in [0.15, 0.2) is 0 Å². The number of nitrogens with two attached hydrogens (primary N) is 1. The zero-order valence-corrected chi connectivity index (χ0v) is 12.3. The molecule has 1 amide bonds. The van der Waals surface area contributed by atoms with Crippen LogP contribution < -0.4 is 11.1 Å². The summed E-state index contributed by atoms with van der Waals surface area (Å²) in [4.78, 5) is 12.0. The summed E-state index contributed by atoms with van der Waals surface area (Å²) in [6, 6.07) is 2.59.